The number of rotatable bonds is 6. The summed E-state index contributed by atoms with van der Waals surface area (Å²) >= 11 is 0. The zero-order chi connectivity index (χ0) is 9.56. The highest BCUT2D eigenvalue weighted by atomic mass is 16.6. The van der Waals surface area contributed by atoms with Crippen LogP contribution in [0.2, 0.25) is 0 Å². The Morgan fingerprint density at radius 2 is 1.33 bits per heavy atom. The van der Waals surface area contributed by atoms with E-state index in [1.165, 1.54) is 0 Å². The number of ketones is 1. The molecule has 0 amide bonds. The summed E-state index contributed by atoms with van der Waals surface area (Å²) < 4.78 is 0. The first kappa shape index (κ1) is 10.5. The maximum absolute atomic E-state index is 10.6. The Bertz CT molecular complexity index is 182. The van der Waals surface area contributed by atoms with Gasteiger partial charge in [-0.05, 0) is 0 Å². The van der Waals surface area contributed by atoms with Crippen LogP contribution in [0.1, 0.15) is 12.8 Å². The molecule has 7 heteroatoms. The minimum absolute atomic E-state index is 0.221. The van der Waals surface area contributed by atoms with Gasteiger partial charge in [-0.3, -0.25) is 25.0 Å². The van der Waals surface area contributed by atoms with Gasteiger partial charge >= 0.3 is 0 Å². The van der Waals surface area contributed by atoms with Gasteiger partial charge in [-0.25, -0.2) is 0 Å². The first-order valence-electron chi connectivity index (χ1n) is 3.27. The van der Waals surface area contributed by atoms with E-state index in [1.54, 1.807) is 0 Å². The number of hydrogen-bond donors (Lipinski definition) is 0. The second-order valence-corrected chi connectivity index (χ2v) is 2.15. The molecule has 0 saturated carbocycles. The first-order valence-corrected chi connectivity index (χ1v) is 3.27. The van der Waals surface area contributed by atoms with Gasteiger partial charge < -0.3 is 0 Å². The van der Waals surface area contributed by atoms with Gasteiger partial charge in [-0.15, -0.1) is 0 Å². The summed E-state index contributed by atoms with van der Waals surface area (Å²) in [4.78, 5) is 28.9. The Labute approximate surface area is 67.7 Å². The van der Waals surface area contributed by atoms with Crippen molar-refractivity contribution in [1.29, 1.82) is 0 Å². The molecule has 0 aliphatic rings. The highest BCUT2D eigenvalue weighted by molar-refractivity contribution is 5.78. The van der Waals surface area contributed by atoms with E-state index in [9.17, 15) is 25.0 Å². The molecule has 0 N–H and O–H groups in total. The van der Waals surface area contributed by atoms with Crippen LogP contribution in [0, 0.1) is 20.2 Å². The highest BCUT2D eigenvalue weighted by Gasteiger charge is 2.09. The fourth-order valence-electron chi connectivity index (χ4n) is 0.557. The molecule has 0 bridgehead atoms. The lowest BCUT2D eigenvalue weighted by molar-refractivity contribution is -0.481. The fraction of sp³-hybridized carbons (Fsp3) is 0.800. The van der Waals surface area contributed by atoms with Crippen LogP contribution < -0.4 is 0 Å². The smallest absolute Gasteiger partial charge is 0.210 e. The van der Waals surface area contributed by atoms with E-state index in [1.807, 2.05) is 0 Å². The van der Waals surface area contributed by atoms with E-state index < -0.39 is 28.7 Å². The van der Waals surface area contributed by atoms with Gasteiger partial charge in [0.25, 0.3) is 0 Å². The normalized spacial score (nSPS) is 9.33. The molecule has 0 atom stereocenters. The third kappa shape index (κ3) is 6.59. The summed E-state index contributed by atoms with van der Waals surface area (Å²) in [6.07, 6.45) is -0.443. The van der Waals surface area contributed by atoms with Crippen LogP contribution in [0.5, 0.6) is 0 Å². The van der Waals surface area contributed by atoms with Crippen LogP contribution in [0.4, 0.5) is 0 Å². The third-order valence-electron chi connectivity index (χ3n) is 1.15. The Kier molecular flexibility index (Phi) is 4.51. The molecule has 0 radical (unpaired) electrons. The van der Waals surface area contributed by atoms with Gasteiger partial charge in [0.15, 0.2) is 0 Å². The first-order chi connectivity index (χ1) is 5.52. The molecule has 0 aliphatic carbocycles. The number of carbonyl (C=O) groups is 1. The van der Waals surface area contributed by atoms with Crippen LogP contribution in [0.25, 0.3) is 0 Å². The molecule has 0 rings (SSSR count). The number of Topliss-reactive ketones (excluding diaryl/α,β-unsaturated/α-hetero) is 1. The largest absolute Gasteiger partial charge is 0.299 e. The Morgan fingerprint density at radius 3 is 1.58 bits per heavy atom. The summed E-state index contributed by atoms with van der Waals surface area (Å²) in [7, 11) is 0. The Hall–Kier alpha value is -1.53. The second kappa shape index (κ2) is 5.16. The van der Waals surface area contributed by atoms with Crippen molar-refractivity contribution in [2.45, 2.75) is 12.8 Å². The van der Waals surface area contributed by atoms with E-state index in [0.29, 0.717) is 0 Å². The number of nitrogens with zero attached hydrogens (tertiary/aromatic N) is 2. The molecule has 68 valence electrons. The van der Waals surface area contributed by atoms with Gasteiger partial charge in [-0.1, -0.05) is 0 Å². The summed E-state index contributed by atoms with van der Waals surface area (Å²) in [5.41, 5.74) is 0. The van der Waals surface area contributed by atoms with Crippen molar-refractivity contribution in [3.8, 4) is 0 Å². The molecule has 0 heterocycles. The summed E-state index contributed by atoms with van der Waals surface area (Å²) in [6.45, 7) is -0.896. The molecule has 12 heavy (non-hydrogen) atoms. The van der Waals surface area contributed by atoms with E-state index in [2.05, 4.69) is 0 Å². The van der Waals surface area contributed by atoms with Crippen LogP contribution in [-0.4, -0.2) is 28.7 Å². The molecular formula is C5H8N2O5. The molecule has 0 aromatic carbocycles. The van der Waals surface area contributed by atoms with Crippen molar-refractivity contribution in [1.82, 2.24) is 0 Å². The zero-order valence-corrected chi connectivity index (χ0v) is 6.26. The second-order valence-electron chi connectivity index (χ2n) is 2.15. The number of carbonyl (C=O) groups excluding carboxylic acids is 1. The molecule has 0 spiro atoms. The molecule has 0 aromatic heterocycles. The molecule has 0 aromatic rings. The lowest BCUT2D eigenvalue weighted by Crippen LogP contribution is -2.12. The monoisotopic (exact) mass is 176 g/mol. The summed E-state index contributed by atoms with van der Waals surface area (Å²) in [5.74, 6) is -0.441. The van der Waals surface area contributed by atoms with Crippen LogP contribution in [0.3, 0.4) is 0 Å². The Balaban J connectivity index is 3.47. The van der Waals surface area contributed by atoms with E-state index >= 15 is 0 Å². The molecule has 7 nitrogen and oxygen atoms in total. The maximum Gasteiger partial charge on any atom is 0.210 e. The van der Waals surface area contributed by atoms with Gasteiger partial charge in [0, 0.05) is 9.85 Å². The molecule has 0 fully saturated rings. The average Bonchev–Trinajstić information content (AvgIpc) is 1.96. The van der Waals surface area contributed by atoms with Crippen molar-refractivity contribution in [2.75, 3.05) is 13.1 Å². The fourth-order valence-corrected chi connectivity index (χ4v) is 0.557. The minimum Gasteiger partial charge on any atom is -0.299 e. The number of nitro groups is 2. The molecular weight excluding hydrogens is 168 g/mol. The van der Waals surface area contributed by atoms with Crippen molar-refractivity contribution in [3.63, 3.8) is 0 Å². The van der Waals surface area contributed by atoms with Crippen molar-refractivity contribution in [3.05, 3.63) is 20.2 Å². The average molecular weight is 176 g/mol. The maximum atomic E-state index is 10.6. The zero-order valence-electron chi connectivity index (χ0n) is 6.26. The van der Waals surface area contributed by atoms with Crippen molar-refractivity contribution in [2.24, 2.45) is 0 Å². The van der Waals surface area contributed by atoms with E-state index in [-0.39, 0.29) is 12.8 Å². The van der Waals surface area contributed by atoms with Gasteiger partial charge in [0.05, 0.1) is 12.8 Å². The SMILES string of the molecule is O=C(CC[N+](=O)[O-])CC[N+](=O)[O-]. The van der Waals surface area contributed by atoms with Crippen molar-refractivity contribution < 1.29 is 14.6 Å². The topological polar surface area (TPSA) is 103 Å². The highest BCUT2D eigenvalue weighted by Crippen LogP contribution is 1.90. The molecule has 0 unspecified atom stereocenters. The van der Waals surface area contributed by atoms with Gasteiger partial charge in [0.1, 0.15) is 5.78 Å². The van der Waals surface area contributed by atoms with Crippen LogP contribution in [0.15, 0.2) is 0 Å². The lowest BCUT2D eigenvalue weighted by atomic mass is 10.2. The molecule has 0 aliphatic heterocycles. The predicted octanol–water partition coefficient (Wildman–Crippen LogP) is -0.111. The van der Waals surface area contributed by atoms with E-state index in [4.69, 9.17) is 0 Å². The summed E-state index contributed by atoms with van der Waals surface area (Å²) in [6, 6.07) is 0. The minimum atomic E-state index is -0.621. The third-order valence-corrected chi connectivity index (χ3v) is 1.15. The molecule has 0 saturated heterocycles. The Morgan fingerprint density at radius 1 is 1.00 bits per heavy atom. The van der Waals surface area contributed by atoms with E-state index in [0.717, 1.165) is 0 Å². The lowest BCUT2D eigenvalue weighted by Gasteiger charge is -1.92. The van der Waals surface area contributed by atoms with Crippen LogP contribution >= 0.6 is 0 Å². The quantitative estimate of drug-likeness (QED) is 0.414. The predicted molar refractivity (Wildman–Crippen MR) is 38.0 cm³/mol. The standard InChI is InChI=1S/C5H8N2O5/c8-5(1-3-6(9)10)2-4-7(11)12/h1-4H2. The van der Waals surface area contributed by atoms with Gasteiger partial charge in [-0.2, -0.15) is 0 Å². The van der Waals surface area contributed by atoms with Crippen molar-refractivity contribution >= 4 is 5.78 Å². The van der Waals surface area contributed by atoms with Crippen LogP contribution in [-0.2, 0) is 4.79 Å². The van der Waals surface area contributed by atoms with Gasteiger partial charge in [0.2, 0.25) is 13.1 Å². The summed E-state index contributed by atoms with van der Waals surface area (Å²) in [5, 5.41) is 19.5. The number of hydrogen-bond acceptors (Lipinski definition) is 5.